The van der Waals surface area contributed by atoms with E-state index in [-0.39, 0.29) is 24.0 Å². The standard InChI is InChI=1S/C8H13N.HI/c1-7-4-5-9(3)8(2)6-7;/h4-6,8H,1-3H3;1H. The van der Waals surface area contributed by atoms with Crippen molar-refractivity contribution in [2.24, 2.45) is 0 Å². The number of rotatable bonds is 0. The first kappa shape index (κ1) is 10.0. The van der Waals surface area contributed by atoms with Crippen molar-refractivity contribution in [3.8, 4) is 0 Å². The van der Waals surface area contributed by atoms with Gasteiger partial charge in [-0.1, -0.05) is 11.6 Å². The van der Waals surface area contributed by atoms with Gasteiger partial charge in [-0.15, -0.1) is 24.0 Å². The van der Waals surface area contributed by atoms with E-state index in [2.05, 4.69) is 44.1 Å². The van der Waals surface area contributed by atoms with E-state index in [1.54, 1.807) is 0 Å². The first-order chi connectivity index (χ1) is 4.20. The fraction of sp³-hybridized carbons (Fsp3) is 0.500. The lowest BCUT2D eigenvalue weighted by atomic mass is 10.1. The Morgan fingerprint density at radius 3 is 2.50 bits per heavy atom. The Kier molecular flexibility index (Phi) is 4.01. The van der Waals surface area contributed by atoms with Gasteiger partial charge in [0.25, 0.3) is 0 Å². The van der Waals surface area contributed by atoms with Crippen LogP contribution in [0.3, 0.4) is 0 Å². The van der Waals surface area contributed by atoms with Crippen molar-refractivity contribution in [2.45, 2.75) is 19.9 Å². The monoisotopic (exact) mass is 251 g/mol. The Hall–Kier alpha value is 0.01000. The average molecular weight is 251 g/mol. The predicted molar refractivity (Wildman–Crippen MR) is 55.5 cm³/mol. The third-order valence-electron chi connectivity index (χ3n) is 1.72. The van der Waals surface area contributed by atoms with Crippen molar-refractivity contribution in [1.29, 1.82) is 0 Å². The maximum Gasteiger partial charge on any atom is 0.0441 e. The fourth-order valence-electron chi connectivity index (χ4n) is 0.924. The summed E-state index contributed by atoms with van der Waals surface area (Å²) >= 11 is 0. The van der Waals surface area contributed by atoms with Crippen LogP contribution in [0.5, 0.6) is 0 Å². The van der Waals surface area contributed by atoms with Crippen molar-refractivity contribution in [1.82, 2.24) is 4.90 Å². The number of halogens is 1. The molecule has 0 fully saturated rings. The molecule has 0 aromatic carbocycles. The summed E-state index contributed by atoms with van der Waals surface area (Å²) < 4.78 is 0. The molecule has 1 nitrogen and oxygen atoms in total. The van der Waals surface area contributed by atoms with Crippen LogP contribution in [0.15, 0.2) is 23.9 Å². The van der Waals surface area contributed by atoms with Crippen LogP contribution in [0.2, 0.25) is 0 Å². The number of likely N-dealkylation sites (N-methyl/N-ethyl adjacent to an activating group) is 1. The van der Waals surface area contributed by atoms with Crippen molar-refractivity contribution >= 4 is 24.0 Å². The molecule has 10 heavy (non-hydrogen) atoms. The molecule has 0 bridgehead atoms. The van der Waals surface area contributed by atoms with E-state index in [0.29, 0.717) is 6.04 Å². The van der Waals surface area contributed by atoms with Gasteiger partial charge >= 0.3 is 0 Å². The molecular weight excluding hydrogens is 237 g/mol. The molecule has 0 saturated heterocycles. The van der Waals surface area contributed by atoms with Gasteiger partial charge in [0.1, 0.15) is 0 Å². The molecule has 1 unspecified atom stereocenters. The number of hydrogen-bond donors (Lipinski definition) is 0. The Bertz CT molecular complexity index is 161. The minimum atomic E-state index is 0. The lowest BCUT2D eigenvalue weighted by molar-refractivity contribution is 0.401. The van der Waals surface area contributed by atoms with Gasteiger partial charge in [0.2, 0.25) is 0 Å². The van der Waals surface area contributed by atoms with E-state index in [9.17, 15) is 0 Å². The van der Waals surface area contributed by atoms with Gasteiger partial charge in [0.15, 0.2) is 0 Å². The summed E-state index contributed by atoms with van der Waals surface area (Å²) in [6, 6.07) is 0.565. The van der Waals surface area contributed by atoms with Crippen molar-refractivity contribution < 1.29 is 0 Å². The highest BCUT2D eigenvalue weighted by Crippen LogP contribution is 2.09. The van der Waals surface area contributed by atoms with E-state index >= 15 is 0 Å². The molecule has 1 atom stereocenters. The Morgan fingerprint density at radius 1 is 1.50 bits per heavy atom. The Labute approximate surface area is 79.8 Å². The zero-order valence-electron chi connectivity index (χ0n) is 6.66. The van der Waals surface area contributed by atoms with Crippen molar-refractivity contribution in [3.05, 3.63) is 23.9 Å². The van der Waals surface area contributed by atoms with Gasteiger partial charge in [-0.05, 0) is 26.1 Å². The second kappa shape index (κ2) is 4.01. The summed E-state index contributed by atoms with van der Waals surface area (Å²) in [6.45, 7) is 4.31. The second-order valence-electron chi connectivity index (χ2n) is 2.63. The Morgan fingerprint density at radius 2 is 2.10 bits per heavy atom. The number of hydrogen-bond acceptors (Lipinski definition) is 1. The van der Waals surface area contributed by atoms with Gasteiger partial charge in [0.05, 0.1) is 0 Å². The average Bonchev–Trinajstić information content (AvgIpc) is 1.80. The lowest BCUT2D eigenvalue weighted by Crippen LogP contribution is -2.23. The first-order valence-corrected chi connectivity index (χ1v) is 3.28. The fourth-order valence-corrected chi connectivity index (χ4v) is 0.924. The summed E-state index contributed by atoms with van der Waals surface area (Å²) in [5.74, 6) is 0. The molecule has 0 aliphatic carbocycles. The zero-order chi connectivity index (χ0) is 6.85. The number of allylic oxidation sites excluding steroid dienone is 2. The van der Waals surface area contributed by atoms with Gasteiger partial charge < -0.3 is 4.90 Å². The second-order valence-corrected chi connectivity index (χ2v) is 2.63. The van der Waals surface area contributed by atoms with E-state index in [1.165, 1.54) is 5.57 Å². The molecule has 0 saturated carbocycles. The quantitative estimate of drug-likeness (QED) is 0.597. The van der Waals surface area contributed by atoms with Gasteiger partial charge in [0, 0.05) is 13.1 Å². The SMILES string of the molecule is CC1=CC(C)N(C)C=C1.I. The molecule has 0 aromatic rings. The topological polar surface area (TPSA) is 3.24 Å². The minimum absolute atomic E-state index is 0. The van der Waals surface area contributed by atoms with Crippen molar-refractivity contribution in [3.63, 3.8) is 0 Å². The van der Waals surface area contributed by atoms with Gasteiger partial charge in [-0.2, -0.15) is 0 Å². The van der Waals surface area contributed by atoms with E-state index in [0.717, 1.165) is 0 Å². The van der Waals surface area contributed by atoms with Crippen LogP contribution in [0, 0.1) is 0 Å². The summed E-state index contributed by atoms with van der Waals surface area (Å²) in [6.07, 6.45) is 6.49. The summed E-state index contributed by atoms with van der Waals surface area (Å²) in [4.78, 5) is 2.19. The highest BCUT2D eigenvalue weighted by atomic mass is 127. The third-order valence-corrected chi connectivity index (χ3v) is 1.72. The molecule has 1 rings (SSSR count). The van der Waals surface area contributed by atoms with Gasteiger partial charge in [-0.3, -0.25) is 0 Å². The van der Waals surface area contributed by atoms with Crippen LogP contribution in [0.25, 0.3) is 0 Å². The van der Waals surface area contributed by atoms with E-state index < -0.39 is 0 Å². The molecular formula is C8H14IN. The largest absolute Gasteiger partial charge is 0.374 e. The molecule has 1 aliphatic rings. The maximum absolute atomic E-state index is 2.25. The van der Waals surface area contributed by atoms with Crippen LogP contribution < -0.4 is 0 Å². The molecule has 1 heterocycles. The summed E-state index contributed by atoms with van der Waals surface area (Å²) in [5.41, 5.74) is 1.36. The molecule has 0 N–H and O–H groups in total. The first-order valence-electron chi connectivity index (χ1n) is 3.28. The highest BCUT2D eigenvalue weighted by Gasteiger charge is 2.04. The van der Waals surface area contributed by atoms with Crippen molar-refractivity contribution in [2.75, 3.05) is 7.05 Å². The smallest absolute Gasteiger partial charge is 0.0441 e. The molecule has 0 amide bonds. The summed E-state index contributed by atoms with van der Waals surface area (Å²) in [7, 11) is 2.09. The summed E-state index contributed by atoms with van der Waals surface area (Å²) in [5, 5.41) is 0. The van der Waals surface area contributed by atoms with Crippen LogP contribution >= 0.6 is 24.0 Å². The van der Waals surface area contributed by atoms with Crippen LogP contribution in [-0.4, -0.2) is 18.0 Å². The van der Waals surface area contributed by atoms with Crippen LogP contribution in [0.4, 0.5) is 0 Å². The highest BCUT2D eigenvalue weighted by molar-refractivity contribution is 14.0. The maximum atomic E-state index is 2.25. The molecule has 1 aliphatic heterocycles. The molecule has 58 valence electrons. The zero-order valence-corrected chi connectivity index (χ0v) is 9.00. The Balaban J connectivity index is 0.000000810. The lowest BCUT2D eigenvalue weighted by Gasteiger charge is -2.23. The van der Waals surface area contributed by atoms with Gasteiger partial charge in [-0.25, -0.2) is 0 Å². The van der Waals surface area contributed by atoms with Crippen LogP contribution in [0.1, 0.15) is 13.8 Å². The van der Waals surface area contributed by atoms with E-state index in [1.807, 2.05) is 0 Å². The van der Waals surface area contributed by atoms with Crippen LogP contribution in [-0.2, 0) is 0 Å². The van der Waals surface area contributed by atoms with E-state index in [4.69, 9.17) is 0 Å². The normalized spacial score (nSPS) is 23.7. The molecule has 0 aromatic heterocycles. The minimum Gasteiger partial charge on any atom is -0.374 e. The number of nitrogens with zero attached hydrogens (tertiary/aromatic N) is 1. The molecule has 2 heteroatoms. The predicted octanol–water partition coefficient (Wildman–Crippen LogP) is 2.40. The molecule has 0 spiro atoms. The molecule has 0 radical (unpaired) electrons. The third kappa shape index (κ3) is 2.33.